The summed E-state index contributed by atoms with van der Waals surface area (Å²) in [5.41, 5.74) is 0.577. The van der Waals surface area contributed by atoms with Crippen molar-refractivity contribution in [1.82, 2.24) is 14.4 Å². The van der Waals surface area contributed by atoms with Crippen molar-refractivity contribution < 1.29 is 5.11 Å². The molecular formula is C9H11N3O. The average molecular weight is 177 g/mol. The van der Waals surface area contributed by atoms with Crippen molar-refractivity contribution in [2.45, 2.75) is 19.4 Å². The molecule has 0 radical (unpaired) electrons. The number of aliphatic hydroxyl groups is 1. The lowest BCUT2D eigenvalue weighted by Gasteiger charge is -2.14. The molecule has 2 aromatic heterocycles. The Kier molecular flexibility index (Phi) is 1.60. The van der Waals surface area contributed by atoms with E-state index in [1.807, 2.05) is 4.40 Å². The predicted molar refractivity (Wildman–Crippen MR) is 48.2 cm³/mol. The van der Waals surface area contributed by atoms with E-state index in [9.17, 15) is 5.11 Å². The maximum atomic E-state index is 9.77. The van der Waals surface area contributed by atoms with Gasteiger partial charge >= 0.3 is 0 Å². The summed E-state index contributed by atoms with van der Waals surface area (Å²) in [6.45, 7) is 3.42. The van der Waals surface area contributed by atoms with Gasteiger partial charge < -0.3 is 9.51 Å². The van der Waals surface area contributed by atoms with Crippen LogP contribution in [0.2, 0.25) is 0 Å². The van der Waals surface area contributed by atoms with Crippen LogP contribution in [0.5, 0.6) is 0 Å². The van der Waals surface area contributed by atoms with E-state index >= 15 is 0 Å². The number of rotatable bonds is 1. The lowest BCUT2D eigenvalue weighted by Crippen LogP contribution is -2.16. The van der Waals surface area contributed by atoms with Crippen molar-refractivity contribution in [1.29, 1.82) is 0 Å². The SMILES string of the molecule is CC(C)(O)c1ncn2ccncc12. The van der Waals surface area contributed by atoms with Gasteiger partial charge in [0.2, 0.25) is 0 Å². The van der Waals surface area contributed by atoms with Gasteiger partial charge in [-0.3, -0.25) is 4.98 Å². The normalized spacial score (nSPS) is 12.2. The average Bonchev–Trinajstić information content (AvgIpc) is 2.45. The van der Waals surface area contributed by atoms with Gasteiger partial charge in [0, 0.05) is 12.4 Å². The lowest BCUT2D eigenvalue weighted by atomic mass is 10.1. The molecule has 2 heterocycles. The molecular weight excluding hydrogens is 166 g/mol. The third kappa shape index (κ3) is 1.29. The first-order chi connectivity index (χ1) is 6.09. The van der Waals surface area contributed by atoms with E-state index in [1.165, 1.54) is 0 Å². The van der Waals surface area contributed by atoms with Gasteiger partial charge in [0.25, 0.3) is 0 Å². The molecule has 68 valence electrons. The standard InChI is InChI=1S/C9H11N3O/c1-9(2,13)8-7-5-10-3-4-12(7)6-11-8/h3-6,13H,1-2H3. The van der Waals surface area contributed by atoms with Gasteiger partial charge in [0.05, 0.1) is 23.7 Å². The van der Waals surface area contributed by atoms with Crippen LogP contribution >= 0.6 is 0 Å². The minimum atomic E-state index is -0.919. The third-order valence-corrected chi connectivity index (χ3v) is 1.92. The van der Waals surface area contributed by atoms with Gasteiger partial charge in [-0.15, -0.1) is 0 Å². The Hall–Kier alpha value is -1.42. The second kappa shape index (κ2) is 2.53. The summed E-state index contributed by atoms with van der Waals surface area (Å²) in [7, 11) is 0. The zero-order chi connectivity index (χ0) is 9.47. The fourth-order valence-electron chi connectivity index (χ4n) is 1.31. The van der Waals surface area contributed by atoms with Gasteiger partial charge in [-0.05, 0) is 13.8 Å². The molecule has 0 saturated carbocycles. The largest absolute Gasteiger partial charge is 0.384 e. The van der Waals surface area contributed by atoms with E-state index in [-0.39, 0.29) is 0 Å². The number of hydrogen-bond donors (Lipinski definition) is 1. The summed E-state index contributed by atoms with van der Waals surface area (Å²) < 4.78 is 1.83. The summed E-state index contributed by atoms with van der Waals surface area (Å²) >= 11 is 0. The molecule has 0 fully saturated rings. The molecule has 0 saturated heterocycles. The number of aromatic nitrogens is 3. The predicted octanol–water partition coefficient (Wildman–Crippen LogP) is 0.957. The highest BCUT2D eigenvalue weighted by molar-refractivity contribution is 5.51. The van der Waals surface area contributed by atoms with Gasteiger partial charge in [-0.25, -0.2) is 4.98 Å². The first-order valence-electron chi connectivity index (χ1n) is 4.08. The molecule has 2 rings (SSSR count). The quantitative estimate of drug-likeness (QED) is 0.705. The summed E-state index contributed by atoms with van der Waals surface area (Å²) in [4.78, 5) is 8.13. The van der Waals surface area contributed by atoms with Crippen LogP contribution < -0.4 is 0 Å². The molecule has 0 unspecified atom stereocenters. The van der Waals surface area contributed by atoms with E-state index in [0.29, 0.717) is 5.69 Å². The Morgan fingerprint density at radius 3 is 2.92 bits per heavy atom. The van der Waals surface area contributed by atoms with Crippen LogP contribution in [0.4, 0.5) is 0 Å². The van der Waals surface area contributed by atoms with Crippen LogP contribution in [0.25, 0.3) is 5.52 Å². The molecule has 0 amide bonds. The molecule has 0 aromatic carbocycles. The van der Waals surface area contributed by atoms with Crippen molar-refractivity contribution >= 4 is 5.52 Å². The number of imidazole rings is 1. The molecule has 0 spiro atoms. The second-order valence-electron chi connectivity index (χ2n) is 3.52. The zero-order valence-corrected chi connectivity index (χ0v) is 7.60. The Labute approximate surface area is 75.9 Å². The van der Waals surface area contributed by atoms with Gasteiger partial charge in [-0.1, -0.05) is 0 Å². The Balaban J connectivity index is 2.72. The molecule has 0 aliphatic rings. The minimum Gasteiger partial charge on any atom is -0.384 e. The van der Waals surface area contributed by atoms with Gasteiger partial charge in [-0.2, -0.15) is 0 Å². The number of fused-ring (bicyclic) bond motifs is 1. The molecule has 4 heteroatoms. The Morgan fingerprint density at radius 2 is 2.23 bits per heavy atom. The molecule has 1 N–H and O–H groups in total. The first-order valence-corrected chi connectivity index (χ1v) is 4.08. The van der Waals surface area contributed by atoms with E-state index in [4.69, 9.17) is 0 Å². The maximum Gasteiger partial charge on any atom is 0.103 e. The first kappa shape index (κ1) is 8.19. The molecule has 2 aromatic rings. The summed E-state index contributed by atoms with van der Waals surface area (Å²) in [5, 5.41) is 9.77. The van der Waals surface area contributed by atoms with Crippen LogP contribution in [0.3, 0.4) is 0 Å². The fourth-order valence-corrected chi connectivity index (χ4v) is 1.31. The van der Waals surface area contributed by atoms with Crippen LogP contribution in [-0.2, 0) is 5.60 Å². The summed E-state index contributed by atoms with van der Waals surface area (Å²) in [6, 6.07) is 0. The van der Waals surface area contributed by atoms with E-state index < -0.39 is 5.60 Å². The molecule has 0 aliphatic carbocycles. The van der Waals surface area contributed by atoms with Crippen molar-refractivity contribution in [3.8, 4) is 0 Å². The highest BCUT2D eigenvalue weighted by Gasteiger charge is 2.21. The highest BCUT2D eigenvalue weighted by atomic mass is 16.3. The molecule has 0 atom stereocenters. The monoisotopic (exact) mass is 177 g/mol. The van der Waals surface area contributed by atoms with Crippen molar-refractivity contribution in [3.05, 3.63) is 30.6 Å². The minimum absolute atomic E-state index is 0.653. The smallest absolute Gasteiger partial charge is 0.103 e. The van der Waals surface area contributed by atoms with Crippen molar-refractivity contribution in [2.24, 2.45) is 0 Å². The number of nitrogens with zero attached hydrogens (tertiary/aromatic N) is 3. The lowest BCUT2D eigenvalue weighted by molar-refractivity contribution is 0.0759. The Morgan fingerprint density at radius 1 is 1.46 bits per heavy atom. The topological polar surface area (TPSA) is 50.4 Å². The molecule has 0 bridgehead atoms. The molecule has 13 heavy (non-hydrogen) atoms. The van der Waals surface area contributed by atoms with Crippen molar-refractivity contribution in [2.75, 3.05) is 0 Å². The van der Waals surface area contributed by atoms with Gasteiger partial charge in [0.15, 0.2) is 0 Å². The van der Waals surface area contributed by atoms with Gasteiger partial charge in [0.1, 0.15) is 5.60 Å². The van der Waals surface area contributed by atoms with E-state index in [1.54, 1.807) is 38.8 Å². The molecule has 4 nitrogen and oxygen atoms in total. The summed E-state index contributed by atoms with van der Waals surface area (Å²) in [6.07, 6.45) is 6.85. The van der Waals surface area contributed by atoms with E-state index in [2.05, 4.69) is 9.97 Å². The maximum absolute atomic E-state index is 9.77. The van der Waals surface area contributed by atoms with Crippen LogP contribution in [-0.4, -0.2) is 19.5 Å². The zero-order valence-electron chi connectivity index (χ0n) is 7.60. The summed E-state index contributed by atoms with van der Waals surface area (Å²) in [5.74, 6) is 0. The molecule has 0 aliphatic heterocycles. The van der Waals surface area contributed by atoms with Crippen LogP contribution in [0.1, 0.15) is 19.5 Å². The van der Waals surface area contributed by atoms with E-state index in [0.717, 1.165) is 5.52 Å². The van der Waals surface area contributed by atoms with Crippen molar-refractivity contribution in [3.63, 3.8) is 0 Å². The third-order valence-electron chi connectivity index (χ3n) is 1.92. The fraction of sp³-hybridized carbons (Fsp3) is 0.333. The Bertz CT molecular complexity index is 428. The highest BCUT2D eigenvalue weighted by Crippen LogP contribution is 2.21. The van der Waals surface area contributed by atoms with Crippen LogP contribution in [0.15, 0.2) is 24.9 Å². The van der Waals surface area contributed by atoms with Crippen LogP contribution in [0, 0.1) is 0 Å². The number of hydrogen-bond acceptors (Lipinski definition) is 3. The second-order valence-corrected chi connectivity index (χ2v) is 3.52.